The standard InChI is InChI=1S/C20H22N2O3S/c1-23-16-9-5-4-8-15(16)18-12-22-19(26-18)13-21-11-14-7-6-10-17(24-2)20(14)25-3/h4-10,12,21H,11,13H2,1-3H3. The monoisotopic (exact) mass is 370 g/mol. The molecule has 0 aliphatic carbocycles. The van der Waals surface area contributed by atoms with Gasteiger partial charge < -0.3 is 19.5 Å². The quantitative estimate of drug-likeness (QED) is 0.646. The van der Waals surface area contributed by atoms with E-state index in [-0.39, 0.29) is 0 Å². The molecule has 1 N–H and O–H groups in total. The van der Waals surface area contributed by atoms with Crippen molar-refractivity contribution >= 4 is 11.3 Å². The average Bonchev–Trinajstić information content (AvgIpc) is 3.16. The van der Waals surface area contributed by atoms with Crippen LogP contribution in [0.15, 0.2) is 48.7 Å². The maximum atomic E-state index is 5.47. The van der Waals surface area contributed by atoms with E-state index in [0.717, 1.165) is 38.3 Å². The van der Waals surface area contributed by atoms with Crippen LogP contribution in [0.2, 0.25) is 0 Å². The van der Waals surface area contributed by atoms with Crippen molar-refractivity contribution in [3.05, 3.63) is 59.2 Å². The summed E-state index contributed by atoms with van der Waals surface area (Å²) in [4.78, 5) is 5.62. The molecule has 26 heavy (non-hydrogen) atoms. The molecular formula is C20H22N2O3S. The van der Waals surface area contributed by atoms with Gasteiger partial charge in [0, 0.05) is 30.4 Å². The molecule has 0 fully saturated rings. The van der Waals surface area contributed by atoms with Crippen LogP contribution in [0.1, 0.15) is 10.6 Å². The second-order valence-electron chi connectivity index (χ2n) is 5.57. The molecule has 3 rings (SSSR count). The van der Waals surface area contributed by atoms with E-state index in [1.807, 2.05) is 48.7 Å². The van der Waals surface area contributed by atoms with E-state index in [1.54, 1.807) is 32.7 Å². The fourth-order valence-electron chi connectivity index (χ4n) is 2.76. The Kier molecular flexibility index (Phi) is 6.09. The fourth-order valence-corrected chi connectivity index (χ4v) is 3.68. The van der Waals surface area contributed by atoms with Crippen LogP contribution in [0.4, 0.5) is 0 Å². The lowest BCUT2D eigenvalue weighted by molar-refractivity contribution is 0.350. The smallest absolute Gasteiger partial charge is 0.165 e. The number of hydrogen-bond donors (Lipinski definition) is 1. The van der Waals surface area contributed by atoms with Crippen molar-refractivity contribution in [2.24, 2.45) is 0 Å². The molecule has 0 radical (unpaired) electrons. The minimum Gasteiger partial charge on any atom is -0.496 e. The number of rotatable bonds is 8. The van der Waals surface area contributed by atoms with E-state index >= 15 is 0 Å². The second-order valence-corrected chi connectivity index (χ2v) is 6.69. The largest absolute Gasteiger partial charge is 0.496 e. The van der Waals surface area contributed by atoms with E-state index in [0.29, 0.717) is 13.1 Å². The number of nitrogens with zero attached hydrogens (tertiary/aromatic N) is 1. The average molecular weight is 370 g/mol. The molecule has 0 spiro atoms. The molecule has 1 heterocycles. The molecule has 5 nitrogen and oxygen atoms in total. The highest BCUT2D eigenvalue weighted by molar-refractivity contribution is 7.15. The van der Waals surface area contributed by atoms with Crippen molar-refractivity contribution in [2.45, 2.75) is 13.1 Å². The van der Waals surface area contributed by atoms with Crippen molar-refractivity contribution in [3.8, 4) is 27.7 Å². The van der Waals surface area contributed by atoms with Gasteiger partial charge in [0.2, 0.25) is 0 Å². The first kappa shape index (κ1) is 18.2. The van der Waals surface area contributed by atoms with Gasteiger partial charge in [0.05, 0.1) is 26.2 Å². The minimum atomic E-state index is 0.671. The van der Waals surface area contributed by atoms with E-state index in [4.69, 9.17) is 14.2 Å². The number of para-hydroxylation sites is 2. The van der Waals surface area contributed by atoms with Gasteiger partial charge in [0.25, 0.3) is 0 Å². The van der Waals surface area contributed by atoms with Crippen LogP contribution in [0.5, 0.6) is 17.2 Å². The predicted octanol–water partition coefficient (Wildman–Crippen LogP) is 4.13. The fraction of sp³-hybridized carbons (Fsp3) is 0.250. The maximum Gasteiger partial charge on any atom is 0.165 e. The first-order valence-electron chi connectivity index (χ1n) is 8.25. The number of nitrogens with one attached hydrogen (secondary N) is 1. The predicted molar refractivity (Wildman–Crippen MR) is 104 cm³/mol. The van der Waals surface area contributed by atoms with Gasteiger partial charge in [-0.15, -0.1) is 11.3 Å². The maximum absolute atomic E-state index is 5.47. The Balaban J connectivity index is 1.66. The number of thiazole rings is 1. The Bertz CT molecular complexity index is 864. The van der Waals surface area contributed by atoms with Crippen LogP contribution >= 0.6 is 11.3 Å². The lowest BCUT2D eigenvalue weighted by Crippen LogP contribution is -2.13. The molecule has 0 aliphatic heterocycles. The number of aromatic nitrogens is 1. The molecule has 0 unspecified atom stereocenters. The van der Waals surface area contributed by atoms with Crippen LogP contribution in [0, 0.1) is 0 Å². The Morgan fingerprint density at radius 3 is 2.42 bits per heavy atom. The summed E-state index contributed by atoms with van der Waals surface area (Å²) in [7, 11) is 4.98. The molecule has 3 aromatic rings. The molecule has 136 valence electrons. The summed E-state index contributed by atoms with van der Waals surface area (Å²) in [5.41, 5.74) is 2.11. The molecular weight excluding hydrogens is 348 g/mol. The highest BCUT2D eigenvalue weighted by atomic mass is 32.1. The molecule has 6 heteroatoms. The van der Waals surface area contributed by atoms with E-state index in [9.17, 15) is 0 Å². The van der Waals surface area contributed by atoms with E-state index in [2.05, 4.69) is 10.3 Å². The third-order valence-electron chi connectivity index (χ3n) is 4.00. The molecule has 1 aromatic heterocycles. The summed E-state index contributed by atoms with van der Waals surface area (Å²) in [5, 5.41) is 4.44. The van der Waals surface area contributed by atoms with Crippen molar-refractivity contribution in [2.75, 3.05) is 21.3 Å². The lowest BCUT2D eigenvalue weighted by Gasteiger charge is -2.12. The van der Waals surface area contributed by atoms with Crippen molar-refractivity contribution in [3.63, 3.8) is 0 Å². The summed E-state index contributed by atoms with van der Waals surface area (Å²) in [5.74, 6) is 2.35. The first-order valence-corrected chi connectivity index (χ1v) is 9.07. The molecule has 0 saturated carbocycles. The molecule has 0 atom stereocenters. The van der Waals surface area contributed by atoms with Crippen molar-refractivity contribution in [1.29, 1.82) is 0 Å². The van der Waals surface area contributed by atoms with Gasteiger partial charge in [-0.3, -0.25) is 0 Å². The Hall–Kier alpha value is -2.57. The summed E-state index contributed by atoms with van der Waals surface area (Å²) in [6.07, 6.45) is 1.89. The zero-order valence-electron chi connectivity index (χ0n) is 15.1. The molecule has 0 amide bonds. The second kappa shape index (κ2) is 8.69. The lowest BCUT2D eigenvalue weighted by atomic mass is 10.2. The number of benzene rings is 2. The van der Waals surface area contributed by atoms with Gasteiger partial charge in [-0.2, -0.15) is 0 Å². The summed E-state index contributed by atoms with van der Waals surface area (Å²) < 4.78 is 16.2. The van der Waals surface area contributed by atoms with E-state index in [1.165, 1.54) is 0 Å². The molecule has 0 bridgehead atoms. The van der Waals surface area contributed by atoms with Crippen LogP contribution in [-0.2, 0) is 13.1 Å². The highest BCUT2D eigenvalue weighted by Crippen LogP contribution is 2.34. The Labute approximate surface area is 157 Å². The van der Waals surface area contributed by atoms with Crippen molar-refractivity contribution in [1.82, 2.24) is 10.3 Å². The van der Waals surface area contributed by atoms with Gasteiger partial charge in [-0.1, -0.05) is 24.3 Å². The normalized spacial score (nSPS) is 10.6. The van der Waals surface area contributed by atoms with Crippen LogP contribution in [0.25, 0.3) is 10.4 Å². The zero-order chi connectivity index (χ0) is 18.4. The third-order valence-corrected chi connectivity index (χ3v) is 5.03. The van der Waals surface area contributed by atoms with Crippen LogP contribution < -0.4 is 19.5 Å². The Morgan fingerprint density at radius 1 is 0.885 bits per heavy atom. The molecule has 2 aromatic carbocycles. The summed E-state index contributed by atoms with van der Waals surface area (Å²) >= 11 is 1.66. The number of ether oxygens (including phenoxy) is 3. The Morgan fingerprint density at radius 2 is 1.65 bits per heavy atom. The topological polar surface area (TPSA) is 52.6 Å². The minimum absolute atomic E-state index is 0.671. The first-order chi connectivity index (χ1) is 12.8. The van der Waals surface area contributed by atoms with Crippen LogP contribution in [0.3, 0.4) is 0 Å². The number of methoxy groups -OCH3 is 3. The van der Waals surface area contributed by atoms with Crippen LogP contribution in [-0.4, -0.2) is 26.3 Å². The molecule has 0 saturated heterocycles. The molecule has 0 aliphatic rings. The van der Waals surface area contributed by atoms with E-state index < -0.39 is 0 Å². The van der Waals surface area contributed by atoms with Gasteiger partial charge in [-0.25, -0.2) is 4.98 Å². The zero-order valence-corrected chi connectivity index (χ0v) is 15.9. The SMILES string of the molecule is COc1ccccc1-c1cnc(CNCc2cccc(OC)c2OC)s1. The van der Waals surface area contributed by atoms with Gasteiger partial charge in [0.1, 0.15) is 10.8 Å². The summed E-state index contributed by atoms with van der Waals surface area (Å²) in [6, 6.07) is 13.9. The van der Waals surface area contributed by atoms with Crippen molar-refractivity contribution < 1.29 is 14.2 Å². The van der Waals surface area contributed by atoms with Gasteiger partial charge in [0.15, 0.2) is 11.5 Å². The highest BCUT2D eigenvalue weighted by Gasteiger charge is 2.11. The third kappa shape index (κ3) is 3.98. The van der Waals surface area contributed by atoms with Gasteiger partial charge >= 0.3 is 0 Å². The van der Waals surface area contributed by atoms with Gasteiger partial charge in [-0.05, 0) is 18.2 Å². The number of hydrogen-bond acceptors (Lipinski definition) is 6. The summed E-state index contributed by atoms with van der Waals surface area (Å²) in [6.45, 7) is 1.35.